The lowest BCUT2D eigenvalue weighted by Crippen LogP contribution is -2.12. The molecule has 1 fully saturated rings. The first-order valence-electron chi connectivity index (χ1n) is 7.12. The van der Waals surface area contributed by atoms with Gasteiger partial charge in [-0.2, -0.15) is 0 Å². The fourth-order valence-corrected chi connectivity index (χ4v) is 2.66. The van der Waals surface area contributed by atoms with Gasteiger partial charge in [0.1, 0.15) is 11.9 Å². The zero-order chi connectivity index (χ0) is 13.9. The third-order valence-electron chi connectivity index (χ3n) is 3.72. The second-order valence-corrected chi connectivity index (χ2v) is 5.34. The Morgan fingerprint density at radius 1 is 1.15 bits per heavy atom. The molecule has 1 aliphatic rings. The van der Waals surface area contributed by atoms with Crippen LogP contribution in [-0.2, 0) is 0 Å². The largest absolute Gasteiger partial charge is 0.474 e. The SMILES string of the molecule is Cc1ccc(-c2cccc(F)c2)c(OC2CCCC2)n1. The molecule has 2 aromatic rings. The fourth-order valence-electron chi connectivity index (χ4n) is 2.66. The molecule has 0 radical (unpaired) electrons. The molecule has 1 aromatic carbocycles. The highest BCUT2D eigenvalue weighted by molar-refractivity contribution is 5.68. The van der Waals surface area contributed by atoms with E-state index >= 15 is 0 Å². The number of halogens is 1. The van der Waals surface area contributed by atoms with Crippen molar-refractivity contribution in [2.24, 2.45) is 0 Å². The van der Waals surface area contributed by atoms with Crippen LogP contribution in [0.5, 0.6) is 5.88 Å². The van der Waals surface area contributed by atoms with Crippen LogP contribution in [0.1, 0.15) is 31.4 Å². The molecule has 1 aromatic heterocycles. The van der Waals surface area contributed by atoms with Gasteiger partial charge < -0.3 is 4.74 Å². The predicted octanol–water partition coefficient (Wildman–Crippen LogP) is 4.52. The smallest absolute Gasteiger partial charge is 0.221 e. The fraction of sp³-hybridized carbons (Fsp3) is 0.353. The van der Waals surface area contributed by atoms with Crippen LogP contribution >= 0.6 is 0 Å². The number of rotatable bonds is 3. The van der Waals surface area contributed by atoms with Crippen LogP contribution in [0.4, 0.5) is 4.39 Å². The summed E-state index contributed by atoms with van der Waals surface area (Å²) in [6.45, 7) is 1.94. The second kappa shape index (κ2) is 5.61. The Kier molecular flexibility index (Phi) is 3.68. The third-order valence-corrected chi connectivity index (χ3v) is 3.72. The Balaban J connectivity index is 1.97. The van der Waals surface area contributed by atoms with Gasteiger partial charge in [-0.1, -0.05) is 12.1 Å². The molecule has 0 N–H and O–H groups in total. The van der Waals surface area contributed by atoms with Gasteiger partial charge in [0.05, 0.1) is 0 Å². The summed E-state index contributed by atoms with van der Waals surface area (Å²) in [5, 5.41) is 0. The number of aromatic nitrogens is 1. The topological polar surface area (TPSA) is 22.1 Å². The molecule has 0 bridgehead atoms. The second-order valence-electron chi connectivity index (χ2n) is 5.34. The number of ether oxygens (including phenoxy) is 1. The molecule has 3 heteroatoms. The van der Waals surface area contributed by atoms with Gasteiger partial charge in [-0.3, -0.25) is 0 Å². The molecule has 0 spiro atoms. The van der Waals surface area contributed by atoms with Crippen molar-refractivity contribution in [2.75, 3.05) is 0 Å². The van der Waals surface area contributed by atoms with Crippen molar-refractivity contribution in [1.82, 2.24) is 4.98 Å². The molecular weight excluding hydrogens is 253 g/mol. The van der Waals surface area contributed by atoms with Crippen LogP contribution in [0.25, 0.3) is 11.1 Å². The third kappa shape index (κ3) is 2.82. The number of aryl methyl sites for hydroxylation is 1. The van der Waals surface area contributed by atoms with E-state index in [-0.39, 0.29) is 11.9 Å². The quantitative estimate of drug-likeness (QED) is 0.819. The molecule has 0 amide bonds. The Morgan fingerprint density at radius 3 is 2.70 bits per heavy atom. The molecule has 104 valence electrons. The summed E-state index contributed by atoms with van der Waals surface area (Å²) in [6.07, 6.45) is 4.84. The van der Waals surface area contributed by atoms with Crippen LogP contribution in [0.2, 0.25) is 0 Å². The summed E-state index contributed by atoms with van der Waals surface area (Å²) < 4.78 is 19.5. The maximum absolute atomic E-state index is 13.4. The van der Waals surface area contributed by atoms with Crippen LogP contribution in [0, 0.1) is 12.7 Å². The average molecular weight is 271 g/mol. The van der Waals surface area contributed by atoms with E-state index < -0.39 is 0 Å². The minimum absolute atomic E-state index is 0.241. The van der Waals surface area contributed by atoms with Crippen molar-refractivity contribution in [3.05, 3.63) is 47.9 Å². The number of nitrogens with zero attached hydrogens (tertiary/aromatic N) is 1. The molecule has 20 heavy (non-hydrogen) atoms. The molecule has 0 atom stereocenters. The monoisotopic (exact) mass is 271 g/mol. The minimum Gasteiger partial charge on any atom is -0.474 e. The van der Waals surface area contributed by atoms with Gasteiger partial charge in [0, 0.05) is 11.3 Å². The lowest BCUT2D eigenvalue weighted by Gasteiger charge is -2.16. The van der Waals surface area contributed by atoms with Crippen molar-refractivity contribution in [3.8, 4) is 17.0 Å². The summed E-state index contributed by atoms with van der Waals surface area (Å²) in [4.78, 5) is 4.50. The zero-order valence-electron chi connectivity index (χ0n) is 11.6. The Labute approximate surface area is 118 Å². The molecule has 1 heterocycles. The summed E-state index contributed by atoms with van der Waals surface area (Å²) in [5.41, 5.74) is 2.59. The number of benzene rings is 1. The van der Waals surface area contributed by atoms with Gasteiger partial charge in [0.15, 0.2) is 0 Å². The summed E-state index contributed by atoms with van der Waals surface area (Å²) >= 11 is 0. The highest BCUT2D eigenvalue weighted by Gasteiger charge is 2.19. The molecule has 0 saturated heterocycles. The maximum Gasteiger partial charge on any atom is 0.221 e. The van der Waals surface area contributed by atoms with Gasteiger partial charge in [-0.25, -0.2) is 9.37 Å². The van der Waals surface area contributed by atoms with E-state index in [9.17, 15) is 4.39 Å². The minimum atomic E-state index is -0.241. The van der Waals surface area contributed by atoms with E-state index in [4.69, 9.17) is 4.74 Å². The normalized spacial score (nSPS) is 15.5. The van der Waals surface area contributed by atoms with Gasteiger partial charge in [0.2, 0.25) is 5.88 Å². The number of hydrogen-bond donors (Lipinski definition) is 0. The summed E-state index contributed by atoms with van der Waals surface area (Å²) in [5.74, 6) is 0.386. The first-order chi connectivity index (χ1) is 9.72. The number of hydrogen-bond acceptors (Lipinski definition) is 2. The number of pyridine rings is 1. The molecule has 1 saturated carbocycles. The van der Waals surface area contributed by atoms with E-state index in [0.717, 1.165) is 29.7 Å². The van der Waals surface area contributed by atoms with Crippen LogP contribution < -0.4 is 4.74 Å². The molecule has 3 rings (SSSR count). The summed E-state index contributed by atoms with van der Waals surface area (Å²) in [7, 11) is 0. The predicted molar refractivity (Wildman–Crippen MR) is 77.3 cm³/mol. The Hall–Kier alpha value is -1.90. The van der Waals surface area contributed by atoms with E-state index in [1.807, 2.05) is 25.1 Å². The van der Waals surface area contributed by atoms with Crippen molar-refractivity contribution < 1.29 is 9.13 Å². The summed E-state index contributed by atoms with van der Waals surface area (Å²) in [6, 6.07) is 10.5. The van der Waals surface area contributed by atoms with Crippen LogP contribution in [0.3, 0.4) is 0 Å². The molecule has 2 nitrogen and oxygen atoms in total. The lowest BCUT2D eigenvalue weighted by molar-refractivity contribution is 0.202. The molecular formula is C17H18FNO. The standard InChI is InChI=1S/C17H18FNO/c1-12-9-10-16(13-5-4-6-14(18)11-13)17(19-12)20-15-7-2-3-8-15/h4-6,9-11,15H,2-3,7-8H2,1H3. The molecule has 0 unspecified atom stereocenters. The highest BCUT2D eigenvalue weighted by atomic mass is 19.1. The van der Waals surface area contributed by atoms with Gasteiger partial charge >= 0.3 is 0 Å². The van der Waals surface area contributed by atoms with Crippen molar-refractivity contribution in [1.29, 1.82) is 0 Å². The van der Waals surface area contributed by atoms with E-state index in [2.05, 4.69) is 4.98 Å². The average Bonchev–Trinajstić information content (AvgIpc) is 2.92. The van der Waals surface area contributed by atoms with Gasteiger partial charge in [-0.05, 0) is 62.4 Å². The van der Waals surface area contributed by atoms with Crippen molar-refractivity contribution >= 4 is 0 Å². The Bertz CT molecular complexity index is 606. The van der Waals surface area contributed by atoms with E-state index in [0.29, 0.717) is 5.88 Å². The molecule has 0 aliphatic heterocycles. The van der Waals surface area contributed by atoms with Gasteiger partial charge in [-0.15, -0.1) is 0 Å². The van der Waals surface area contributed by atoms with Crippen molar-refractivity contribution in [2.45, 2.75) is 38.7 Å². The lowest BCUT2D eigenvalue weighted by atomic mass is 10.1. The maximum atomic E-state index is 13.4. The first-order valence-corrected chi connectivity index (χ1v) is 7.12. The highest BCUT2D eigenvalue weighted by Crippen LogP contribution is 2.32. The van der Waals surface area contributed by atoms with E-state index in [1.54, 1.807) is 6.07 Å². The van der Waals surface area contributed by atoms with Crippen LogP contribution in [0.15, 0.2) is 36.4 Å². The zero-order valence-corrected chi connectivity index (χ0v) is 11.6. The van der Waals surface area contributed by atoms with E-state index in [1.165, 1.54) is 25.0 Å². The van der Waals surface area contributed by atoms with Gasteiger partial charge in [0.25, 0.3) is 0 Å². The van der Waals surface area contributed by atoms with Crippen LogP contribution in [-0.4, -0.2) is 11.1 Å². The van der Waals surface area contributed by atoms with Crippen molar-refractivity contribution in [3.63, 3.8) is 0 Å². The molecule has 1 aliphatic carbocycles. The Morgan fingerprint density at radius 2 is 1.95 bits per heavy atom. The first kappa shape index (κ1) is 13.1.